The van der Waals surface area contributed by atoms with Gasteiger partial charge in [-0.1, -0.05) is 18.2 Å². The molecule has 3 heterocycles. The predicted octanol–water partition coefficient (Wildman–Crippen LogP) is 2.03. The molecule has 4 N–H and O–H groups in total. The number of nitrogens with zero attached hydrogens (tertiary/aromatic N) is 4. The van der Waals surface area contributed by atoms with Gasteiger partial charge >= 0.3 is 0 Å². The molecule has 0 bridgehead atoms. The molecule has 2 aromatic heterocycles. The molecule has 1 fully saturated rings. The molecular formula is C22H27N7O. The molecule has 1 aromatic carbocycles. The first-order valence-corrected chi connectivity index (χ1v) is 10.2. The number of nitrogens with one attached hydrogen (secondary N) is 2. The van der Waals surface area contributed by atoms with Crippen molar-refractivity contribution in [3.05, 3.63) is 53.5 Å². The van der Waals surface area contributed by atoms with E-state index in [9.17, 15) is 4.79 Å². The van der Waals surface area contributed by atoms with Gasteiger partial charge in [0.2, 0.25) is 0 Å². The Morgan fingerprint density at radius 1 is 1.30 bits per heavy atom. The van der Waals surface area contributed by atoms with E-state index < -0.39 is 0 Å². The summed E-state index contributed by atoms with van der Waals surface area (Å²) in [7, 11) is 0. The number of anilines is 2. The SMILES string of the molecule is Cc1cccc2cc(CNC(=O)c3nccnc3N)c(N3C[C@@H](C)NC[C@H]3C)nc12. The second-order valence-corrected chi connectivity index (χ2v) is 7.90. The van der Waals surface area contributed by atoms with E-state index in [1.807, 2.05) is 6.07 Å². The molecule has 1 aliphatic rings. The second-order valence-electron chi connectivity index (χ2n) is 7.90. The first-order valence-electron chi connectivity index (χ1n) is 10.2. The highest BCUT2D eigenvalue weighted by Gasteiger charge is 2.26. The van der Waals surface area contributed by atoms with Gasteiger partial charge in [0.05, 0.1) is 5.52 Å². The summed E-state index contributed by atoms with van der Waals surface area (Å²) in [5.74, 6) is 0.676. The highest BCUT2D eigenvalue weighted by atomic mass is 16.1. The summed E-state index contributed by atoms with van der Waals surface area (Å²) in [5.41, 5.74) is 9.01. The smallest absolute Gasteiger partial charge is 0.273 e. The fourth-order valence-electron chi connectivity index (χ4n) is 3.86. The minimum absolute atomic E-state index is 0.118. The van der Waals surface area contributed by atoms with Crippen LogP contribution in [0.15, 0.2) is 36.7 Å². The number of fused-ring (bicyclic) bond motifs is 1. The molecule has 0 spiro atoms. The lowest BCUT2D eigenvalue weighted by Crippen LogP contribution is -2.55. The fraction of sp³-hybridized carbons (Fsp3) is 0.364. The number of aryl methyl sites for hydroxylation is 1. The summed E-state index contributed by atoms with van der Waals surface area (Å²) in [6.45, 7) is 8.49. The van der Waals surface area contributed by atoms with E-state index in [0.717, 1.165) is 40.9 Å². The number of pyridine rings is 1. The van der Waals surface area contributed by atoms with E-state index in [1.165, 1.54) is 12.4 Å². The number of piperazine rings is 1. The van der Waals surface area contributed by atoms with E-state index in [0.29, 0.717) is 18.6 Å². The Labute approximate surface area is 175 Å². The Bertz CT molecular complexity index is 1080. The van der Waals surface area contributed by atoms with E-state index >= 15 is 0 Å². The number of hydrogen-bond acceptors (Lipinski definition) is 7. The van der Waals surface area contributed by atoms with E-state index in [4.69, 9.17) is 10.7 Å². The van der Waals surface area contributed by atoms with Crippen LogP contribution in [-0.4, -0.2) is 46.0 Å². The third-order valence-electron chi connectivity index (χ3n) is 5.52. The maximum atomic E-state index is 12.6. The lowest BCUT2D eigenvalue weighted by Gasteiger charge is -2.39. The number of carbonyl (C=O) groups excluding carboxylic acids is 1. The van der Waals surface area contributed by atoms with E-state index in [-0.39, 0.29) is 17.4 Å². The predicted molar refractivity (Wildman–Crippen MR) is 118 cm³/mol. The molecule has 0 aliphatic carbocycles. The molecule has 0 saturated carbocycles. The summed E-state index contributed by atoms with van der Waals surface area (Å²) in [6.07, 6.45) is 2.92. The number of nitrogen functional groups attached to an aromatic ring is 1. The summed E-state index contributed by atoms with van der Waals surface area (Å²) in [4.78, 5) is 28.0. The zero-order chi connectivity index (χ0) is 21.3. The van der Waals surface area contributed by atoms with Crippen molar-refractivity contribution in [2.45, 2.75) is 39.4 Å². The number of nitrogens with two attached hydrogens (primary N) is 1. The summed E-state index contributed by atoms with van der Waals surface area (Å²) in [6, 6.07) is 8.91. The van der Waals surface area contributed by atoms with Crippen LogP contribution >= 0.6 is 0 Å². The van der Waals surface area contributed by atoms with E-state index in [1.54, 1.807) is 0 Å². The molecular weight excluding hydrogens is 378 g/mol. The molecule has 8 heteroatoms. The number of para-hydroxylation sites is 1. The lowest BCUT2D eigenvalue weighted by atomic mass is 10.1. The number of carbonyl (C=O) groups is 1. The highest BCUT2D eigenvalue weighted by Crippen LogP contribution is 2.28. The molecule has 4 rings (SSSR count). The molecule has 1 saturated heterocycles. The molecule has 30 heavy (non-hydrogen) atoms. The lowest BCUT2D eigenvalue weighted by molar-refractivity contribution is 0.0946. The molecule has 156 valence electrons. The number of aromatic nitrogens is 3. The first kappa shape index (κ1) is 20.0. The second kappa shape index (κ2) is 8.23. The van der Waals surface area contributed by atoms with Gasteiger partial charge in [-0.2, -0.15) is 0 Å². The van der Waals surface area contributed by atoms with Crippen LogP contribution in [0.1, 0.15) is 35.5 Å². The minimum Gasteiger partial charge on any atom is -0.382 e. The maximum absolute atomic E-state index is 12.6. The fourth-order valence-corrected chi connectivity index (χ4v) is 3.86. The van der Waals surface area contributed by atoms with Crippen LogP contribution in [-0.2, 0) is 6.54 Å². The Morgan fingerprint density at radius 2 is 2.10 bits per heavy atom. The van der Waals surface area contributed by atoms with Crippen molar-refractivity contribution < 1.29 is 4.79 Å². The molecule has 2 atom stereocenters. The summed E-state index contributed by atoms with van der Waals surface area (Å²) in [5, 5.41) is 7.50. The van der Waals surface area contributed by atoms with Crippen molar-refractivity contribution >= 4 is 28.4 Å². The zero-order valence-electron chi connectivity index (χ0n) is 17.5. The summed E-state index contributed by atoms with van der Waals surface area (Å²) < 4.78 is 0. The minimum atomic E-state index is -0.349. The molecule has 3 aromatic rings. The van der Waals surface area contributed by atoms with Crippen molar-refractivity contribution in [3.8, 4) is 0 Å². The van der Waals surface area contributed by atoms with Crippen LogP contribution in [0.3, 0.4) is 0 Å². The number of benzene rings is 1. The average Bonchev–Trinajstić information content (AvgIpc) is 2.74. The molecule has 1 amide bonds. The van der Waals surface area contributed by atoms with Gasteiger partial charge in [-0.3, -0.25) is 4.79 Å². The number of hydrogen-bond donors (Lipinski definition) is 3. The van der Waals surface area contributed by atoms with Crippen LogP contribution < -0.4 is 21.3 Å². The molecule has 0 unspecified atom stereocenters. The van der Waals surface area contributed by atoms with Crippen LogP contribution in [0.5, 0.6) is 0 Å². The van der Waals surface area contributed by atoms with Gasteiger partial charge in [0.1, 0.15) is 5.82 Å². The molecule has 1 aliphatic heterocycles. The standard InChI is InChI=1S/C22H27N7O/c1-13-5-4-6-16-9-17(11-27-22(30)19-20(23)25-8-7-24-19)21(28-18(13)16)29-12-14(2)26-10-15(29)3/h4-9,14-15,26H,10-12H2,1-3H3,(H2,23,25)(H,27,30)/t14-,15-/m1/s1. The van der Waals surface area contributed by atoms with Crippen molar-refractivity contribution in [2.24, 2.45) is 0 Å². The van der Waals surface area contributed by atoms with Gasteiger partial charge in [0.25, 0.3) is 5.91 Å². The molecule has 8 nitrogen and oxygen atoms in total. The Kier molecular flexibility index (Phi) is 5.50. The normalized spacial score (nSPS) is 19.1. The van der Waals surface area contributed by atoms with Crippen molar-refractivity contribution in [1.29, 1.82) is 0 Å². The van der Waals surface area contributed by atoms with Gasteiger partial charge in [-0.25, -0.2) is 15.0 Å². The van der Waals surface area contributed by atoms with Gasteiger partial charge in [0.15, 0.2) is 11.5 Å². The van der Waals surface area contributed by atoms with Gasteiger partial charge in [0, 0.05) is 55.1 Å². The zero-order valence-corrected chi connectivity index (χ0v) is 17.5. The number of amides is 1. The summed E-state index contributed by atoms with van der Waals surface area (Å²) >= 11 is 0. The van der Waals surface area contributed by atoms with Gasteiger partial charge < -0.3 is 21.3 Å². The number of rotatable bonds is 4. The highest BCUT2D eigenvalue weighted by molar-refractivity contribution is 5.96. The quantitative estimate of drug-likeness (QED) is 0.609. The topological polar surface area (TPSA) is 109 Å². The Balaban J connectivity index is 1.70. The first-order chi connectivity index (χ1) is 14.4. The van der Waals surface area contributed by atoms with Crippen LogP contribution in [0.25, 0.3) is 10.9 Å². The average molecular weight is 406 g/mol. The van der Waals surface area contributed by atoms with Crippen LogP contribution in [0.4, 0.5) is 11.6 Å². The Hall–Kier alpha value is -3.26. The van der Waals surface area contributed by atoms with Crippen LogP contribution in [0.2, 0.25) is 0 Å². The van der Waals surface area contributed by atoms with Crippen molar-refractivity contribution in [3.63, 3.8) is 0 Å². The van der Waals surface area contributed by atoms with Gasteiger partial charge in [-0.15, -0.1) is 0 Å². The Morgan fingerprint density at radius 3 is 2.90 bits per heavy atom. The monoisotopic (exact) mass is 405 g/mol. The maximum Gasteiger partial charge on any atom is 0.273 e. The van der Waals surface area contributed by atoms with Crippen molar-refractivity contribution in [1.82, 2.24) is 25.6 Å². The molecule has 0 radical (unpaired) electrons. The third kappa shape index (κ3) is 3.91. The largest absolute Gasteiger partial charge is 0.382 e. The third-order valence-corrected chi connectivity index (χ3v) is 5.52. The van der Waals surface area contributed by atoms with Crippen molar-refractivity contribution in [2.75, 3.05) is 23.7 Å². The van der Waals surface area contributed by atoms with Gasteiger partial charge in [-0.05, 0) is 32.4 Å². The van der Waals surface area contributed by atoms with Crippen LogP contribution in [0, 0.1) is 6.92 Å². The van der Waals surface area contributed by atoms with E-state index in [2.05, 4.69) is 64.5 Å².